The Bertz CT molecular complexity index is 685. The van der Waals surface area contributed by atoms with E-state index in [-0.39, 0.29) is 24.5 Å². The van der Waals surface area contributed by atoms with Gasteiger partial charge in [-0.15, -0.1) is 0 Å². The van der Waals surface area contributed by atoms with Gasteiger partial charge in [-0.05, 0) is 37.3 Å². The maximum Gasteiger partial charge on any atom is 0.227 e. The largest absolute Gasteiger partial charge is 0.494 e. The molecule has 1 aliphatic carbocycles. The van der Waals surface area contributed by atoms with Crippen molar-refractivity contribution in [2.75, 3.05) is 31.7 Å². The van der Waals surface area contributed by atoms with Crippen LogP contribution >= 0.6 is 0 Å². The molecule has 1 heterocycles. The quantitative estimate of drug-likeness (QED) is 0.695. The number of hydrogen-bond donors (Lipinski definition) is 1. The summed E-state index contributed by atoms with van der Waals surface area (Å²) in [6.45, 7) is 0.898. The topological polar surface area (TPSA) is 70.1 Å². The fraction of sp³-hybridized carbons (Fsp3) is 0.636. The third kappa shape index (κ3) is 5.04. The Morgan fingerprint density at radius 2 is 2.04 bits per heavy atom. The highest BCUT2D eigenvalue weighted by molar-refractivity contribution is 5.96. The smallest absolute Gasteiger partial charge is 0.227 e. The van der Waals surface area contributed by atoms with E-state index < -0.39 is 0 Å². The fourth-order valence-corrected chi connectivity index (χ4v) is 4.27. The Kier molecular flexibility index (Phi) is 7.31. The van der Waals surface area contributed by atoms with Crippen LogP contribution in [0.25, 0.3) is 0 Å². The van der Waals surface area contributed by atoms with Gasteiger partial charge in [0.05, 0.1) is 18.9 Å². The lowest BCUT2D eigenvalue weighted by atomic mass is 9.94. The van der Waals surface area contributed by atoms with E-state index in [4.69, 9.17) is 4.74 Å². The van der Waals surface area contributed by atoms with Crippen molar-refractivity contribution in [3.8, 4) is 5.75 Å². The molecule has 1 aromatic carbocycles. The molecule has 0 spiro atoms. The van der Waals surface area contributed by atoms with E-state index >= 15 is 0 Å². The van der Waals surface area contributed by atoms with E-state index in [0.29, 0.717) is 32.4 Å². The van der Waals surface area contributed by atoms with Crippen LogP contribution in [0.4, 0.5) is 5.69 Å². The number of benzene rings is 1. The molecule has 1 aliphatic heterocycles. The first-order chi connectivity index (χ1) is 13.6. The van der Waals surface area contributed by atoms with Gasteiger partial charge in [0, 0.05) is 38.5 Å². The molecule has 0 unspecified atom stereocenters. The van der Waals surface area contributed by atoms with Crippen molar-refractivity contribution in [2.24, 2.45) is 0 Å². The average Bonchev–Trinajstić information content (AvgIpc) is 2.73. The van der Waals surface area contributed by atoms with Crippen LogP contribution in [0.1, 0.15) is 56.9 Å². The molecule has 28 heavy (non-hydrogen) atoms. The lowest BCUT2D eigenvalue weighted by molar-refractivity contribution is -0.135. The molecule has 154 valence electrons. The molecule has 2 amide bonds. The monoisotopic (exact) mass is 388 g/mol. The molecule has 0 bridgehead atoms. The molecule has 1 fully saturated rings. The van der Waals surface area contributed by atoms with Crippen molar-refractivity contribution in [3.05, 3.63) is 23.8 Å². The number of rotatable bonds is 8. The van der Waals surface area contributed by atoms with Crippen LogP contribution in [0.5, 0.6) is 5.75 Å². The van der Waals surface area contributed by atoms with Crippen molar-refractivity contribution in [1.29, 1.82) is 0 Å². The number of anilines is 1. The van der Waals surface area contributed by atoms with Crippen LogP contribution in [-0.2, 0) is 16.0 Å². The molecule has 2 aliphatic rings. The van der Waals surface area contributed by atoms with Crippen LogP contribution in [-0.4, -0.2) is 54.7 Å². The van der Waals surface area contributed by atoms with Gasteiger partial charge in [0.25, 0.3) is 0 Å². The molecule has 0 saturated heterocycles. The third-order valence-electron chi connectivity index (χ3n) is 5.88. The molecule has 1 aromatic rings. The normalized spacial score (nSPS) is 17.4. The number of amides is 2. The number of hydrogen-bond acceptors (Lipinski definition) is 4. The summed E-state index contributed by atoms with van der Waals surface area (Å²) >= 11 is 0. The van der Waals surface area contributed by atoms with Gasteiger partial charge in [-0.3, -0.25) is 9.59 Å². The number of ether oxygens (including phenoxy) is 1. The molecule has 1 N–H and O–H groups in total. The van der Waals surface area contributed by atoms with Gasteiger partial charge >= 0.3 is 0 Å². The number of aryl methyl sites for hydroxylation is 1. The van der Waals surface area contributed by atoms with Gasteiger partial charge in [0.2, 0.25) is 11.8 Å². The Hall–Kier alpha value is -2.08. The standard InChI is InChI=1S/C22H32N2O4/c1-23-20-16-19(11-9-17(20)10-12-21(23)26)28-15-5-8-22(27)24(13-14-25)18-6-3-2-4-7-18/h9,11,16,18,25H,2-8,10,12-15H2,1H3. The van der Waals surface area contributed by atoms with Crippen molar-refractivity contribution < 1.29 is 19.4 Å². The Morgan fingerprint density at radius 3 is 2.79 bits per heavy atom. The molecule has 0 aromatic heterocycles. The van der Waals surface area contributed by atoms with E-state index in [0.717, 1.165) is 49.1 Å². The number of nitrogens with zero attached hydrogens (tertiary/aromatic N) is 2. The molecule has 6 heteroatoms. The predicted octanol–water partition coefficient (Wildman–Crippen LogP) is 2.91. The van der Waals surface area contributed by atoms with Crippen LogP contribution < -0.4 is 9.64 Å². The summed E-state index contributed by atoms with van der Waals surface area (Å²) in [4.78, 5) is 28.1. The lowest BCUT2D eigenvalue weighted by Crippen LogP contribution is -2.43. The van der Waals surface area contributed by atoms with E-state index in [2.05, 4.69) is 0 Å². The summed E-state index contributed by atoms with van der Waals surface area (Å²) in [6.07, 6.45) is 8.06. The van der Waals surface area contributed by atoms with E-state index in [1.807, 2.05) is 23.1 Å². The molecule has 0 radical (unpaired) electrons. The van der Waals surface area contributed by atoms with Gasteiger partial charge in [-0.25, -0.2) is 0 Å². The van der Waals surface area contributed by atoms with E-state index in [9.17, 15) is 14.7 Å². The maximum atomic E-state index is 12.6. The zero-order valence-corrected chi connectivity index (χ0v) is 16.9. The van der Waals surface area contributed by atoms with Crippen LogP contribution in [0.15, 0.2) is 18.2 Å². The number of aliphatic hydroxyl groups is 1. The first kappa shape index (κ1) is 20.6. The summed E-state index contributed by atoms with van der Waals surface area (Å²) < 4.78 is 5.83. The number of carbonyl (C=O) groups is 2. The second-order valence-corrected chi connectivity index (χ2v) is 7.80. The minimum absolute atomic E-state index is 0.0140. The van der Waals surface area contributed by atoms with Crippen molar-refractivity contribution in [3.63, 3.8) is 0 Å². The second kappa shape index (κ2) is 9.92. The van der Waals surface area contributed by atoms with E-state index in [1.54, 1.807) is 11.9 Å². The Labute approximate surface area is 167 Å². The first-order valence-corrected chi connectivity index (χ1v) is 10.5. The third-order valence-corrected chi connectivity index (χ3v) is 5.88. The molecule has 1 saturated carbocycles. The zero-order valence-electron chi connectivity index (χ0n) is 16.9. The Morgan fingerprint density at radius 1 is 1.25 bits per heavy atom. The van der Waals surface area contributed by atoms with Gasteiger partial charge in [-0.1, -0.05) is 25.3 Å². The number of aliphatic hydroxyl groups excluding tert-OH is 1. The molecular formula is C22H32N2O4. The van der Waals surface area contributed by atoms with Crippen LogP contribution in [0.2, 0.25) is 0 Å². The van der Waals surface area contributed by atoms with E-state index in [1.165, 1.54) is 6.42 Å². The molecule has 6 nitrogen and oxygen atoms in total. The van der Waals surface area contributed by atoms with Crippen molar-refractivity contribution in [2.45, 2.75) is 63.8 Å². The van der Waals surface area contributed by atoms with Crippen LogP contribution in [0.3, 0.4) is 0 Å². The first-order valence-electron chi connectivity index (χ1n) is 10.5. The number of fused-ring (bicyclic) bond motifs is 1. The summed E-state index contributed by atoms with van der Waals surface area (Å²) in [5.41, 5.74) is 2.08. The summed E-state index contributed by atoms with van der Waals surface area (Å²) in [5, 5.41) is 9.33. The maximum absolute atomic E-state index is 12.6. The SMILES string of the molecule is CN1C(=O)CCc2ccc(OCCCC(=O)N(CCO)C3CCCCC3)cc21. The Balaban J connectivity index is 1.48. The highest BCUT2D eigenvalue weighted by Gasteiger charge is 2.25. The predicted molar refractivity (Wildman–Crippen MR) is 109 cm³/mol. The minimum atomic E-state index is 0.0140. The van der Waals surface area contributed by atoms with Gasteiger partial charge in [0.15, 0.2) is 0 Å². The lowest BCUT2D eigenvalue weighted by Gasteiger charge is -2.34. The molecule has 3 rings (SSSR count). The number of carbonyl (C=O) groups excluding carboxylic acids is 2. The fourth-order valence-electron chi connectivity index (χ4n) is 4.27. The van der Waals surface area contributed by atoms with Gasteiger partial charge < -0.3 is 19.6 Å². The average molecular weight is 389 g/mol. The minimum Gasteiger partial charge on any atom is -0.494 e. The summed E-state index contributed by atoms with van der Waals surface area (Å²) in [5.74, 6) is 0.967. The summed E-state index contributed by atoms with van der Waals surface area (Å²) in [7, 11) is 1.80. The highest BCUT2D eigenvalue weighted by Crippen LogP contribution is 2.30. The highest BCUT2D eigenvalue weighted by atomic mass is 16.5. The molecule has 0 atom stereocenters. The van der Waals surface area contributed by atoms with Crippen molar-refractivity contribution >= 4 is 17.5 Å². The van der Waals surface area contributed by atoms with Crippen molar-refractivity contribution in [1.82, 2.24) is 4.90 Å². The zero-order chi connectivity index (χ0) is 19.9. The van der Waals surface area contributed by atoms with Gasteiger partial charge in [0.1, 0.15) is 5.75 Å². The summed E-state index contributed by atoms with van der Waals surface area (Å²) in [6, 6.07) is 6.15. The van der Waals surface area contributed by atoms with Gasteiger partial charge in [-0.2, -0.15) is 0 Å². The second-order valence-electron chi connectivity index (χ2n) is 7.80. The van der Waals surface area contributed by atoms with Crippen LogP contribution in [0, 0.1) is 0 Å². The molecular weight excluding hydrogens is 356 g/mol.